The fourth-order valence-electron chi connectivity index (χ4n) is 3.42. The van der Waals surface area contributed by atoms with Crippen LogP contribution in [0.4, 0.5) is 10.1 Å². The van der Waals surface area contributed by atoms with Crippen LogP contribution in [0.2, 0.25) is 0 Å². The van der Waals surface area contributed by atoms with Crippen LogP contribution in [0.25, 0.3) is 0 Å². The van der Waals surface area contributed by atoms with Gasteiger partial charge in [0.2, 0.25) is 5.91 Å². The maximum atomic E-state index is 13.8. The molecule has 22 heavy (non-hydrogen) atoms. The number of carbonyl (C=O) groups is 1. The van der Waals surface area contributed by atoms with Gasteiger partial charge in [0.05, 0.1) is 11.7 Å². The van der Waals surface area contributed by atoms with E-state index in [0.717, 1.165) is 52.1 Å². The predicted octanol–water partition coefficient (Wildman–Crippen LogP) is 1.96. The third-order valence-corrected chi connectivity index (χ3v) is 4.83. The number of likely N-dealkylation sites (tertiary alicyclic amines) is 1. The molecule has 1 aromatic rings. The third kappa shape index (κ3) is 3.09. The first kappa shape index (κ1) is 15.3. The van der Waals surface area contributed by atoms with Crippen molar-refractivity contribution >= 4 is 11.6 Å². The van der Waals surface area contributed by atoms with Crippen LogP contribution in [0.3, 0.4) is 0 Å². The van der Waals surface area contributed by atoms with E-state index in [1.54, 1.807) is 6.07 Å². The normalized spacial score (nSPS) is 21.2. The highest BCUT2D eigenvalue weighted by atomic mass is 19.1. The van der Waals surface area contributed by atoms with Gasteiger partial charge in [-0.3, -0.25) is 9.69 Å². The van der Waals surface area contributed by atoms with Crippen molar-refractivity contribution in [1.82, 2.24) is 9.80 Å². The lowest BCUT2D eigenvalue weighted by Gasteiger charge is -2.39. The Kier molecular flexibility index (Phi) is 4.62. The van der Waals surface area contributed by atoms with Gasteiger partial charge in [0, 0.05) is 39.3 Å². The van der Waals surface area contributed by atoms with Crippen molar-refractivity contribution in [3.05, 3.63) is 30.1 Å². The topological polar surface area (TPSA) is 26.8 Å². The molecule has 2 heterocycles. The predicted molar refractivity (Wildman–Crippen MR) is 85.5 cm³/mol. The number of hydrogen-bond acceptors (Lipinski definition) is 3. The summed E-state index contributed by atoms with van der Waals surface area (Å²) in [6.07, 6.45) is 2.25. The second-order valence-corrected chi connectivity index (χ2v) is 6.18. The van der Waals surface area contributed by atoms with E-state index in [2.05, 4.69) is 9.80 Å². The first-order valence-corrected chi connectivity index (χ1v) is 8.19. The quantitative estimate of drug-likeness (QED) is 0.854. The van der Waals surface area contributed by atoms with Gasteiger partial charge in [-0.25, -0.2) is 4.39 Å². The van der Waals surface area contributed by atoms with Crippen molar-refractivity contribution < 1.29 is 9.18 Å². The lowest BCUT2D eigenvalue weighted by molar-refractivity contribution is -0.135. The Morgan fingerprint density at radius 1 is 1.05 bits per heavy atom. The van der Waals surface area contributed by atoms with Gasteiger partial charge in [0.15, 0.2) is 0 Å². The second-order valence-electron chi connectivity index (χ2n) is 6.18. The molecule has 1 atom stereocenters. The van der Waals surface area contributed by atoms with Crippen molar-refractivity contribution in [2.24, 2.45) is 0 Å². The molecule has 0 saturated carbocycles. The second kappa shape index (κ2) is 6.65. The SMILES string of the molecule is CC(C(=O)N1CCCC1)N1CCN(c2ccccc2F)CC1. The van der Waals surface area contributed by atoms with Gasteiger partial charge in [0.1, 0.15) is 5.82 Å². The average Bonchev–Trinajstić information content (AvgIpc) is 3.09. The van der Waals surface area contributed by atoms with Crippen molar-refractivity contribution in [2.75, 3.05) is 44.2 Å². The summed E-state index contributed by atoms with van der Waals surface area (Å²) >= 11 is 0. The van der Waals surface area contributed by atoms with Gasteiger partial charge >= 0.3 is 0 Å². The van der Waals surface area contributed by atoms with Crippen LogP contribution in [0, 0.1) is 5.82 Å². The zero-order valence-corrected chi connectivity index (χ0v) is 13.2. The van der Waals surface area contributed by atoms with Crippen molar-refractivity contribution in [2.45, 2.75) is 25.8 Å². The number of piperazine rings is 1. The smallest absolute Gasteiger partial charge is 0.239 e. The van der Waals surface area contributed by atoms with E-state index < -0.39 is 0 Å². The van der Waals surface area contributed by atoms with Gasteiger partial charge in [-0.05, 0) is 31.9 Å². The number of benzene rings is 1. The van der Waals surface area contributed by atoms with E-state index >= 15 is 0 Å². The molecule has 0 N–H and O–H groups in total. The van der Waals surface area contributed by atoms with E-state index in [1.165, 1.54) is 6.07 Å². The lowest BCUT2D eigenvalue weighted by Crippen LogP contribution is -2.54. The Morgan fingerprint density at radius 2 is 1.68 bits per heavy atom. The summed E-state index contributed by atoms with van der Waals surface area (Å²) in [5, 5.41) is 0. The molecule has 5 heteroatoms. The van der Waals surface area contributed by atoms with Crippen LogP contribution in [-0.4, -0.2) is 61.0 Å². The zero-order valence-electron chi connectivity index (χ0n) is 13.2. The maximum absolute atomic E-state index is 13.8. The Balaban J connectivity index is 1.57. The minimum Gasteiger partial charge on any atom is -0.367 e. The highest BCUT2D eigenvalue weighted by Gasteiger charge is 2.30. The third-order valence-electron chi connectivity index (χ3n) is 4.83. The van der Waals surface area contributed by atoms with E-state index in [-0.39, 0.29) is 17.8 Å². The Hall–Kier alpha value is -1.62. The standard InChI is InChI=1S/C17H24FN3O/c1-14(17(22)21-8-4-5-9-21)19-10-12-20(13-11-19)16-7-3-2-6-15(16)18/h2-3,6-7,14H,4-5,8-13H2,1H3. The summed E-state index contributed by atoms with van der Waals surface area (Å²) in [5.41, 5.74) is 0.667. The van der Waals surface area contributed by atoms with E-state index in [0.29, 0.717) is 5.69 Å². The summed E-state index contributed by atoms with van der Waals surface area (Å²) in [5.74, 6) is 0.0778. The molecule has 2 aliphatic rings. The summed E-state index contributed by atoms with van der Waals surface area (Å²) < 4.78 is 13.8. The number of rotatable bonds is 3. The molecule has 120 valence electrons. The Morgan fingerprint density at radius 3 is 2.32 bits per heavy atom. The minimum atomic E-state index is -0.169. The first-order chi connectivity index (χ1) is 10.7. The van der Waals surface area contributed by atoms with Crippen LogP contribution in [0.5, 0.6) is 0 Å². The number of halogens is 1. The number of anilines is 1. The molecule has 1 aromatic carbocycles. The molecule has 0 aliphatic carbocycles. The molecular weight excluding hydrogens is 281 g/mol. The largest absolute Gasteiger partial charge is 0.367 e. The van der Waals surface area contributed by atoms with Crippen LogP contribution in [-0.2, 0) is 4.79 Å². The Bertz CT molecular complexity index is 522. The molecule has 1 amide bonds. The van der Waals surface area contributed by atoms with Crippen molar-refractivity contribution in [1.29, 1.82) is 0 Å². The molecule has 2 saturated heterocycles. The van der Waals surface area contributed by atoms with Gasteiger partial charge in [-0.2, -0.15) is 0 Å². The van der Waals surface area contributed by atoms with Crippen LogP contribution < -0.4 is 4.90 Å². The summed E-state index contributed by atoms with van der Waals surface area (Å²) in [4.78, 5) is 18.7. The molecule has 0 aromatic heterocycles. The number of hydrogen-bond donors (Lipinski definition) is 0. The van der Waals surface area contributed by atoms with Crippen molar-refractivity contribution in [3.63, 3.8) is 0 Å². The fourth-order valence-corrected chi connectivity index (χ4v) is 3.42. The monoisotopic (exact) mass is 305 g/mol. The number of amides is 1. The highest BCUT2D eigenvalue weighted by molar-refractivity contribution is 5.81. The summed E-state index contributed by atoms with van der Waals surface area (Å²) in [6, 6.07) is 6.84. The maximum Gasteiger partial charge on any atom is 0.239 e. The number of nitrogens with zero attached hydrogens (tertiary/aromatic N) is 3. The molecule has 2 fully saturated rings. The molecule has 1 unspecified atom stereocenters. The summed E-state index contributed by atoms with van der Waals surface area (Å²) in [6.45, 7) is 6.93. The van der Waals surface area contributed by atoms with E-state index in [9.17, 15) is 9.18 Å². The highest BCUT2D eigenvalue weighted by Crippen LogP contribution is 2.21. The molecule has 3 rings (SSSR count). The van der Waals surface area contributed by atoms with E-state index in [1.807, 2.05) is 24.0 Å². The van der Waals surface area contributed by atoms with Crippen LogP contribution >= 0.6 is 0 Å². The average molecular weight is 305 g/mol. The number of para-hydroxylation sites is 1. The zero-order chi connectivity index (χ0) is 15.5. The molecule has 2 aliphatic heterocycles. The first-order valence-electron chi connectivity index (χ1n) is 8.19. The minimum absolute atomic E-state index is 0.0686. The molecule has 0 radical (unpaired) electrons. The van der Waals surface area contributed by atoms with Crippen molar-refractivity contribution in [3.8, 4) is 0 Å². The van der Waals surface area contributed by atoms with Gasteiger partial charge in [-0.1, -0.05) is 12.1 Å². The molecular formula is C17H24FN3O. The lowest BCUT2D eigenvalue weighted by atomic mass is 10.2. The molecule has 0 bridgehead atoms. The van der Waals surface area contributed by atoms with Gasteiger partial charge < -0.3 is 9.80 Å². The Labute approximate surface area is 131 Å². The van der Waals surface area contributed by atoms with Crippen LogP contribution in [0.15, 0.2) is 24.3 Å². The number of carbonyl (C=O) groups excluding carboxylic acids is 1. The van der Waals surface area contributed by atoms with Crippen LogP contribution in [0.1, 0.15) is 19.8 Å². The molecule has 0 spiro atoms. The molecule has 4 nitrogen and oxygen atoms in total. The van der Waals surface area contributed by atoms with E-state index in [4.69, 9.17) is 0 Å². The van der Waals surface area contributed by atoms with Gasteiger partial charge in [-0.15, -0.1) is 0 Å². The van der Waals surface area contributed by atoms with Gasteiger partial charge in [0.25, 0.3) is 0 Å². The fraction of sp³-hybridized carbons (Fsp3) is 0.588. The summed E-state index contributed by atoms with van der Waals surface area (Å²) in [7, 11) is 0.